The van der Waals surface area contributed by atoms with Gasteiger partial charge in [0, 0.05) is 0 Å². The molecular formula is C40H48. The molecule has 2 aliphatic rings. The van der Waals surface area contributed by atoms with Gasteiger partial charge in [-0.25, -0.2) is 0 Å². The third kappa shape index (κ3) is 6.54. The van der Waals surface area contributed by atoms with Crippen LogP contribution >= 0.6 is 0 Å². The highest BCUT2D eigenvalue weighted by molar-refractivity contribution is 5.90. The number of fused-ring (bicyclic) bond motifs is 3. The van der Waals surface area contributed by atoms with E-state index >= 15 is 0 Å². The summed E-state index contributed by atoms with van der Waals surface area (Å²) in [4.78, 5) is 0. The van der Waals surface area contributed by atoms with Crippen molar-refractivity contribution in [3.05, 3.63) is 116 Å². The van der Waals surface area contributed by atoms with Crippen LogP contribution in [0.2, 0.25) is 0 Å². The van der Waals surface area contributed by atoms with E-state index < -0.39 is 0 Å². The molecule has 2 aliphatic carbocycles. The van der Waals surface area contributed by atoms with E-state index in [2.05, 4.69) is 74.5 Å². The van der Waals surface area contributed by atoms with Gasteiger partial charge in [0.25, 0.3) is 0 Å². The number of rotatable bonds is 14. The van der Waals surface area contributed by atoms with Gasteiger partial charge in [-0.15, -0.1) is 0 Å². The molecule has 0 saturated carbocycles. The lowest BCUT2D eigenvalue weighted by Crippen LogP contribution is -2.08. The molecule has 40 heavy (non-hydrogen) atoms. The Balaban J connectivity index is 0.973. The van der Waals surface area contributed by atoms with Crippen LogP contribution in [0.25, 0.3) is 10.8 Å². The van der Waals surface area contributed by atoms with Crippen molar-refractivity contribution in [1.82, 2.24) is 0 Å². The molecule has 0 heterocycles. The van der Waals surface area contributed by atoms with Crippen molar-refractivity contribution in [2.24, 2.45) is 0 Å². The number of hydrogen-bond acceptors (Lipinski definition) is 0. The Labute approximate surface area is 243 Å². The molecule has 0 fully saturated rings. The maximum atomic E-state index is 2.46. The first-order valence-corrected chi connectivity index (χ1v) is 16.4. The second-order valence-corrected chi connectivity index (χ2v) is 13.0. The van der Waals surface area contributed by atoms with E-state index in [9.17, 15) is 0 Å². The summed E-state index contributed by atoms with van der Waals surface area (Å²) in [6.07, 6.45) is 20.7. The highest BCUT2D eigenvalue weighted by Gasteiger charge is 2.14. The first kappa shape index (κ1) is 27.3. The van der Waals surface area contributed by atoms with Crippen molar-refractivity contribution >= 4 is 10.8 Å². The Kier molecular flexibility index (Phi) is 8.71. The van der Waals surface area contributed by atoms with Gasteiger partial charge in [-0.2, -0.15) is 0 Å². The molecule has 0 unspecified atom stereocenters. The molecule has 4 aromatic rings. The Morgan fingerprint density at radius 2 is 0.800 bits per heavy atom. The first-order chi connectivity index (χ1) is 19.6. The summed E-state index contributed by atoms with van der Waals surface area (Å²) in [6.45, 7) is 4.58. The van der Waals surface area contributed by atoms with Gasteiger partial charge in [0.05, 0.1) is 0 Å². The summed E-state index contributed by atoms with van der Waals surface area (Å²) in [7, 11) is 0. The van der Waals surface area contributed by atoms with Crippen LogP contribution in [0.5, 0.6) is 0 Å². The van der Waals surface area contributed by atoms with E-state index in [0.29, 0.717) is 0 Å². The zero-order chi connectivity index (χ0) is 27.3. The fourth-order valence-corrected chi connectivity index (χ4v) is 7.15. The molecule has 4 aromatic carbocycles. The molecule has 0 aromatic heterocycles. The molecule has 0 nitrogen and oxygen atoms in total. The standard InChI is InChI=1S/C40H48/c1-29-23-37(13-9-5-3-7-11-31-15-17-33-19-21-35(33)27-31)40-26-30(2)24-38(39(40)25-29)14-10-6-4-8-12-32-16-18-34-20-22-36(34)28-32/h15-18,23-28H,3-14,19-22H2,1-2H3. The largest absolute Gasteiger partial charge is 0.0588 e. The van der Waals surface area contributed by atoms with Crippen molar-refractivity contribution in [1.29, 1.82) is 0 Å². The van der Waals surface area contributed by atoms with Crippen molar-refractivity contribution in [2.45, 2.75) is 117 Å². The highest BCUT2D eigenvalue weighted by atomic mass is 14.2. The average Bonchev–Trinajstić information content (AvgIpc) is 2.91. The molecule has 208 valence electrons. The number of unbranched alkanes of at least 4 members (excludes halogenated alkanes) is 6. The molecule has 0 amide bonds. The van der Waals surface area contributed by atoms with Gasteiger partial charge >= 0.3 is 0 Å². The fraction of sp³-hybridized carbons (Fsp3) is 0.450. The van der Waals surface area contributed by atoms with Crippen LogP contribution in [-0.2, 0) is 51.4 Å². The lowest BCUT2D eigenvalue weighted by molar-refractivity contribution is 0.639. The Bertz CT molecular complexity index is 1360. The van der Waals surface area contributed by atoms with Gasteiger partial charge in [0.2, 0.25) is 0 Å². The van der Waals surface area contributed by atoms with E-state index in [1.807, 2.05) is 0 Å². The van der Waals surface area contributed by atoms with Gasteiger partial charge in [-0.05, 0) is 146 Å². The number of hydrogen-bond donors (Lipinski definition) is 0. The summed E-state index contributed by atoms with van der Waals surface area (Å²) in [5.41, 5.74) is 15.5. The maximum Gasteiger partial charge on any atom is -0.0146 e. The molecular weight excluding hydrogens is 480 g/mol. The van der Waals surface area contributed by atoms with Crippen LogP contribution in [0, 0.1) is 13.8 Å². The van der Waals surface area contributed by atoms with Gasteiger partial charge in [0.15, 0.2) is 0 Å². The lowest BCUT2D eigenvalue weighted by Gasteiger charge is -2.19. The van der Waals surface area contributed by atoms with E-state index in [4.69, 9.17) is 0 Å². The normalized spacial score (nSPS) is 13.6. The van der Waals surface area contributed by atoms with Gasteiger partial charge < -0.3 is 0 Å². The minimum atomic E-state index is 1.21. The Morgan fingerprint density at radius 1 is 0.400 bits per heavy atom. The SMILES string of the molecule is Cc1cc(CCCCCCc2ccc3c(c2)CC3)c2cc(C)cc(CCCCCCc3ccc4c(c3)CC4)c2c1. The van der Waals surface area contributed by atoms with Gasteiger partial charge in [-0.3, -0.25) is 0 Å². The molecule has 0 spiro atoms. The molecule has 6 rings (SSSR count). The topological polar surface area (TPSA) is 0 Å². The fourth-order valence-electron chi connectivity index (χ4n) is 7.15. The quantitative estimate of drug-likeness (QED) is 0.143. The lowest BCUT2D eigenvalue weighted by atomic mass is 9.86. The van der Waals surface area contributed by atoms with Crippen LogP contribution < -0.4 is 0 Å². The minimum Gasteiger partial charge on any atom is -0.0588 e. The Morgan fingerprint density at radius 3 is 1.18 bits per heavy atom. The first-order valence-electron chi connectivity index (χ1n) is 16.4. The molecule has 0 N–H and O–H groups in total. The molecule has 0 radical (unpaired) electrons. The predicted molar refractivity (Wildman–Crippen MR) is 173 cm³/mol. The van der Waals surface area contributed by atoms with Crippen molar-refractivity contribution < 1.29 is 0 Å². The molecule has 0 aliphatic heterocycles. The smallest absolute Gasteiger partial charge is 0.0146 e. The Hall–Kier alpha value is -2.86. The van der Waals surface area contributed by atoms with Crippen LogP contribution in [0.4, 0.5) is 0 Å². The van der Waals surface area contributed by atoms with E-state index in [1.165, 1.54) is 125 Å². The van der Waals surface area contributed by atoms with Crippen molar-refractivity contribution in [2.75, 3.05) is 0 Å². The summed E-state index contributed by atoms with van der Waals surface area (Å²) in [5.74, 6) is 0. The van der Waals surface area contributed by atoms with E-state index in [0.717, 1.165) is 0 Å². The number of benzene rings is 4. The molecule has 0 saturated heterocycles. The zero-order valence-corrected chi connectivity index (χ0v) is 25.1. The third-order valence-corrected chi connectivity index (χ3v) is 9.72. The maximum absolute atomic E-state index is 2.46. The van der Waals surface area contributed by atoms with Crippen molar-refractivity contribution in [3.8, 4) is 0 Å². The summed E-state index contributed by atoms with van der Waals surface area (Å²) in [5, 5.41) is 3.03. The predicted octanol–water partition coefficient (Wildman–Crippen LogP) is 10.3. The van der Waals surface area contributed by atoms with Crippen molar-refractivity contribution in [3.63, 3.8) is 0 Å². The zero-order valence-electron chi connectivity index (χ0n) is 25.1. The van der Waals surface area contributed by atoms with E-state index in [-0.39, 0.29) is 0 Å². The van der Waals surface area contributed by atoms with E-state index in [1.54, 1.807) is 44.5 Å². The monoisotopic (exact) mass is 528 g/mol. The number of aryl methyl sites for hydroxylation is 10. The molecule has 0 heteroatoms. The minimum absolute atomic E-state index is 1.21. The molecule has 0 atom stereocenters. The van der Waals surface area contributed by atoms with Gasteiger partial charge in [-0.1, -0.05) is 97.5 Å². The third-order valence-electron chi connectivity index (χ3n) is 9.72. The van der Waals surface area contributed by atoms with Crippen LogP contribution in [0.15, 0.2) is 60.7 Å². The van der Waals surface area contributed by atoms with Gasteiger partial charge in [0.1, 0.15) is 0 Å². The van der Waals surface area contributed by atoms with Crippen LogP contribution in [0.1, 0.15) is 107 Å². The second-order valence-electron chi connectivity index (χ2n) is 13.0. The molecule has 0 bridgehead atoms. The van der Waals surface area contributed by atoms with Crippen LogP contribution in [-0.4, -0.2) is 0 Å². The highest BCUT2D eigenvalue weighted by Crippen LogP contribution is 2.30. The second kappa shape index (κ2) is 12.8. The van der Waals surface area contributed by atoms with Crippen LogP contribution in [0.3, 0.4) is 0 Å². The summed E-state index contributed by atoms with van der Waals surface area (Å²) >= 11 is 0. The summed E-state index contributed by atoms with van der Waals surface area (Å²) < 4.78 is 0. The summed E-state index contributed by atoms with van der Waals surface area (Å²) in [6, 6.07) is 24.2. The average molecular weight is 529 g/mol.